The highest BCUT2D eigenvalue weighted by molar-refractivity contribution is 5.94. The van der Waals surface area contributed by atoms with E-state index in [1.165, 1.54) is 12.1 Å². The number of rotatable bonds is 10. The summed E-state index contributed by atoms with van der Waals surface area (Å²) in [5, 5.41) is 2.60. The van der Waals surface area contributed by atoms with E-state index in [0.717, 1.165) is 5.56 Å². The second kappa shape index (κ2) is 10.6. The molecule has 0 aliphatic heterocycles. The van der Waals surface area contributed by atoms with Gasteiger partial charge in [0.15, 0.2) is 13.2 Å². The highest BCUT2D eigenvalue weighted by atomic mass is 16.5. The molecule has 0 unspecified atom stereocenters. The molecule has 2 amide bonds. The average molecular weight is 386 g/mol. The van der Waals surface area contributed by atoms with E-state index >= 15 is 0 Å². The summed E-state index contributed by atoms with van der Waals surface area (Å²) in [5.74, 6) is -1.01. The number of carbonyl (C=O) groups excluding carboxylic acids is 3. The molecule has 148 valence electrons. The molecule has 0 spiro atoms. The zero-order valence-electron chi connectivity index (χ0n) is 15.5. The first-order valence-corrected chi connectivity index (χ1v) is 8.59. The van der Waals surface area contributed by atoms with Gasteiger partial charge in [0, 0.05) is 0 Å². The van der Waals surface area contributed by atoms with Gasteiger partial charge in [0.25, 0.3) is 11.8 Å². The van der Waals surface area contributed by atoms with Crippen LogP contribution in [0.15, 0.2) is 48.5 Å². The van der Waals surface area contributed by atoms with Crippen LogP contribution < -0.4 is 20.5 Å². The number of hydrogen-bond donors (Lipinski definition) is 2. The summed E-state index contributed by atoms with van der Waals surface area (Å²) in [6.07, 6.45) is 0. The van der Waals surface area contributed by atoms with E-state index in [4.69, 9.17) is 19.9 Å². The topological polar surface area (TPSA) is 117 Å². The quantitative estimate of drug-likeness (QED) is 0.468. The lowest BCUT2D eigenvalue weighted by Gasteiger charge is -2.11. The molecule has 28 heavy (non-hydrogen) atoms. The Morgan fingerprint density at radius 1 is 1.00 bits per heavy atom. The molecule has 0 bridgehead atoms. The van der Waals surface area contributed by atoms with Crippen molar-refractivity contribution in [3.63, 3.8) is 0 Å². The van der Waals surface area contributed by atoms with E-state index in [1.54, 1.807) is 12.1 Å². The van der Waals surface area contributed by atoms with Gasteiger partial charge in [0.2, 0.25) is 0 Å². The molecule has 8 heteroatoms. The summed E-state index contributed by atoms with van der Waals surface area (Å²) >= 11 is 0. The summed E-state index contributed by atoms with van der Waals surface area (Å²) in [4.78, 5) is 34.8. The molecule has 2 aromatic rings. The fraction of sp³-hybridized carbons (Fsp3) is 0.250. The number of primary amides is 1. The number of benzene rings is 2. The van der Waals surface area contributed by atoms with Gasteiger partial charge in [-0.25, -0.2) is 4.79 Å². The summed E-state index contributed by atoms with van der Waals surface area (Å²) in [5.41, 5.74) is 6.20. The second-order valence-electron chi connectivity index (χ2n) is 5.84. The molecule has 2 aromatic carbocycles. The summed E-state index contributed by atoms with van der Waals surface area (Å²) in [6.45, 7) is 1.69. The zero-order chi connectivity index (χ0) is 20.4. The van der Waals surface area contributed by atoms with Crippen molar-refractivity contribution in [3.05, 3.63) is 59.7 Å². The molecule has 0 aromatic heterocycles. The number of para-hydroxylation sites is 1. The Kier molecular flexibility index (Phi) is 7.83. The van der Waals surface area contributed by atoms with Crippen LogP contribution in [-0.2, 0) is 14.3 Å². The second-order valence-corrected chi connectivity index (χ2v) is 5.84. The fourth-order valence-electron chi connectivity index (χ4n) is 2.23. The summed E-state index contributed by atoms with van der Waals surface area (Å²) in [7, 11) is 0. The van der Waals surface area contributed by atoms with Crippen molar-refractivity contribution in [2.24, 2.45) is 5.73 Å². The van der Waals surface area contributed by atoms with E-state index in [0.29, 0.717) is 5.75 Å². The minimum atomic E-state index is -0.744. The van der Waals surface area contributed by atoms with Gasteiger partial charge >= 0.3 is 5.97 Å². The molecule has 0 aliphatic carbocycles. The highest BCUT2D eigenvalue weighted by Gasteiger charge is 2.15. The van der Waals surface area contributed by atoms with Gasteiger partial charge in [-0.1, -0.05) is 24.3 Å². The van der Waals surface area contributed by atoms with Crippen LogP contribution in [0.1, 0.15) is 15.9 Å². The predicted molar refractivity (Wildman–Crippen MR) is 101 cm³/mol. The summed E-state index contributed by atoms with van der Waals surface area (Å²) < 4.78 is 15.7. The smallest absolute Gasteiger partial charge is 0.342 e. The first kappa shape index (κ1) is 20.8. The lowest BCUT2D eigenvalue weighted by molar-refractivity contribution is -0.124. The van der Waals surface area contributed by atoms with Crippen molar-refractivity contribution >= 4 is 17.8 Å². The maximum atomic E-state index is 12.1. The maximum Gasteiger partial charge on any atom is 0.342 e. The third-order valence-electron chi connectivity index (χ3n) is 3.49. The lowest BCUT2D eigenvalue weighted by atomic mass is 10.2. The van der Waals surface area contributed by atoms with Crippen LogP contribution in [0.5, 0.6) is 11.5 Å². The van der Waals surface area contributed by atoms with E-state index in [9.17, 15) is 14.4 Å². The number of nitrogens with one attached hydrogen (secondary N) is 1. The van der Waals surface area contributed by atoms with Crippen LogP contribution in [-0.4, -0.2) is 44.1 Å². The van der Waals surface area contributed by atoms with E-state index in [2.05, 4.69) is 5.32 Å². The number of carbonyl (C=O) groups is 3. The molecular weight excluding hydrogens is 364 g/mol. The van der Waals surface area contributed by atoms with Gasteiger partial charge in [-0.3, -0.25) is 9.59 Å². The molecule has 0 fully saturated rings. The molecular formula is C20H22N2O6. The van der Waals surface area contributed by atoms with Crippen LogP contribution in [0.25, 0.3) is 0 Å². The first-order chi connectivity index (χ1) is 13.5. The van der Waals surface area contributed by atoms with Crippen molar-refractivity contribution in [3.8, 4) is 11.5 Å². The number of amides is 2. The molecule has 0 heterocycles. The molecule has 2 rings (SSSR count). The van der Waals surface area contributed by atoms with Gasteiger partial charge in [0.05, 0.1) is 6.54 Å². The van der Waals surface area contributed by atoms with Crippen LogP contribution in [0.3, 0.4) is 0 Å². The molecule has 0 aliphatic rings. The standard InChI is InChI=1S/C20H22N2O6/c1-14-5-4-6-15(11-14)26-10-9-22-19(24)13-28-20(25)16-7-2-3-8-17(16)27-12-18(21)23/h2-8,11H,9-10,12-13H2,1H3,(H2,21,23)(H,22,24). The predicted octanol–water partition coefficient (Wildman–Crippen LogP) is 1.21. The van der Waals surface area contributed by atoms with Gasteiger partial charge in [0.1, 0.15) is 23.7 Å². The Morgan fingerprint density at radius 3 is 2.54 bits per heavy atom. The zero-order valence-corrected chi connectivity index (χ0v) is 15.5. The van der Waals surface area contributed by atoms with Crippen molar-refractivity contribution in [2.45, 2.75) is 6.92 Å². The number of ether oxygens (including phenoxy) is 3. The largest absolute Gasteiger partial charge is 0.492 e. The average Bonchev–Trinajstić information content (AvgIpc) is 2.68. The van der Waals surface area contributed by atoms with Crippen LogP contribution in [0.2, 0.25) is 0 Å². The van der Waals surface area contributed by atoms with Gasteiger partial charge in [-0.2, -0.15) is 0 Å². The van der Waals surface area contributed by atoms with E-state index in [1.807, 2.05) is 31.2 Å². The number of hydrogen-bond acceptors (Lipinski definition) is 6. The molecule has 0 atom stereocenters. The number of nitrogens with two attached hydrogens (primary N) is 1. The van der Waals surface area contributed by atoms with Gasteiger partial charge in [-0.15, -0.1) is 0 Å². The molecule has 0 radical (unpaired) electrons. The maximum absolute atomic E-state index is 12.1. The monoisotopic (exact) mass is 386 g/mol. The van der Waals surface area contributed by atoms with Crippen molar-refractivity contribution in [1.82, 2.24) is 5.32 Å². The Balaban J connectivity index is 1.73. The molecule has 0 saturated carbocycles. The minimum Gasteiger partial charge on any atom is -0.492 e. The number of esters is 1. The van der Waals surface area contributed by atoms with Crippen LogP contribution >= 0.6 is 0 Å². The molecule has 8 nitrogen and oxygen atoms in total. The minimum absolute atomic E-state index is 0.0966. The van der Waals surface area contributed by atoms with Gasteiger partial charge < -0.3 is 25.3 Å². The third-order valence-corrected chi connectivity index (χ3v) is 3.49. The first-order valence-electron chi connectivity index (χ1n) is 8.59. The lowest BCUT2D eigenvalue weighted by Crippen LogP contribution is -2.32. The van der Waals surface area contributed by atoms with E-state index in [-0.39, 0.29) is 31.1 Å². The Hall–Kier alpha value is -3.55. The highest BCUT2D eigenvalue weighted by Crippen LogP contribution is 2.18. The van der Waals surface area contributed by atoms with Crippen molar-refractivity contribution in [1.29, 1.82) is 0 Å². The molecule has 3 N–H and O–H groups in total. The Bertz CT molecular complexity index is 837. The Labute approximate surface area is 162 Å². The Morgan fingerprint density at radius 2 is 1.79 bits per heavy atom. The molecule has 0 saturated heterocycles. The summed E-state index contributed by atoms with van der Waals surface area (Å²) in [6, 6.07) is 13.8. The normalized spacial score (nSPS) is 10.0. The van der Waals surface area contributed by atoms with Crippen LogP contribution in [0, 0.1) is 6.92 Å². The number of aryl methyl sites for hydroxylation is 1. The third kappa shape index (κ3) is 6.99. The fourth-order valence-corrected chi connectivity index (χ4v) is 2.23. The van der Waals surface area contributed by atoms with Gasteiger partial charge in [-0.05, 0) is 36.8 Å². The van der Waals surface area contributed by atoms with E-state index < -0.39 is 24.4 Å². The van der Waals surface area contributed by atoms with Crippen molar-refractivity contribution in [2.75, 3.05) is 26.4 Å². The van der Waals surface area contributed by atoms with Crippen LogP contribution in [0.4, 0.5) is 0 Å². The van der Waals surface area contributed by atoms with Crippen molar-refractivity contribution < 1.29 is 28.6 Å². The SMILES string of the molecule is Cc1cccc(OCCNC(=O)COC(=O)c2ccccc2OCC(N)=O)c1.